The van der Waals surface area contributed by atoms with Crippen LogP contribution in [0.2, 0.25) is 0 Å². The minimum absolute atomic E-state index is 0.0613. The first-order valence-electron chi connectivity index (χ1n) is 4.77. The number of carbonyl (C=O) groups is 2. The standard InChI is InChI=1S/C11H12INO3/c1-7-3-2-4-8(12)10(7)11(16)13-6-5-9(14)15/h2-4H,5-6H2,1H3,(H,13,16)(H,14,15). The van der Waals surface area contributed by atoms with Crippen molar-refractivity contribution in [2.24, 2.45) is 0 Å². The van der Waals surface area contributed by atoms with E-state index in [4.69, 9.17) is 5.11 Å². The molecule has 0 saturated heterocycles. The van der Waals surface area contributed by atoms with E-state index >= 15 is 0 Å². The average Bonchev–Trinajstić information content (AvgIpc) is 2.16. The molecule has 5 heteroatoms. The molecule has 1 amide bonds. The van der Waals surface area contributed by atoms with Gasteiger partial charge in [-0.1, -0.05) is 12.1 Å². The lowest BCUT2D eigenvalue weighted by atomic mass is 10.1. The van der Waals surface area contributed by atoms with Gasteiger partial charge in [0.25, 0.3) is 5.91 Å². The van der Waals surface area contributed by atoms with Crippen molar-refractivity contribution in [3.8, 4) is 0 Å². The topological polar surface area (TPSA) is 66.4 Å². The third-order valence-corrected chi connectivity index (χ3v) is 2.97. The molecule has 0 heterocycles. The summed E-state index contributed by atoms with van der Waals surface area (Å²) in [6, 6.07) is 5.58. The Morgan fingerprint density at radius 2 is 2.12 bits per heavy atom. The van der Waals surface area contributed by atoms with E-state index in [-0.39, 0.29) is 18.9 Å². The van der Waals surface area contributed by atoms with Crippen LogP contribution in [0.1, 0.15) is 22.3 Å². The molecule has 0 saturated carbocycles. The van der Waals surface area contributed by atoms with Crippen molar-refractivity contribution in [3.63, 3.8) is 0 Å². The van der Waals surface area contributed by atoms with Crippen molar-refractivity contribution in [1.82, 2.24) is 5.32 Å². The van der Waals surface area contributed by atoms with Gasteiger partial charge >= 0.3 is 5.97 Å². The summed E-state index contributed by atoms with van der Waals surface area (Å²) in [5.41, 5.74) is 1.51. The molecule has 16 heavy (non-hydrogen) atoms. The summed E-state index contributed by atoms with van der Waals surface area (Å²) >= 11 is 2.09. The summed E-state index contributed by atoms with van der Waals surface area (Å²) < 4.78 is 0.866. The first kappa shape index (κ1) is 13.0. The van der Waals surface area contributed by atoms with Crippen LogP contribution in [0.5, 0.6) is 0 Å². The number of halogens is 1. The van der Waals surface area contributed by atoms with Crippen LogP contribution in [0.4, 0.5) is 0 Å². The summed E-state index contributed by atoms with van der Waals surface area (Å²) in [5.74, 6) is -1.14. The lowest BCUT2D eigenvalue weighted by Gasteiger charge is -2.08. The number of nitrogens with one attached hydrogen (secondary N) is 1. The molecule has 0 aromatic heterocycles. The van der Waals surface area contributed by atoms with Gasteiger partial charge in [0.2, 0.25) is 0 Å². The Kier molecular flexibility index (Phi) is 4.72. The number of benzene rings is 1. The third-order valence-electron chi connectivity index (χ3n) is 2.07. The van der Waals surface area contributed by atoms with E-state index < -0.39 is 5.97 Å². The van der Waals surface area contributed by atoms with E-state index in [9.17, 15) is 9.59 Å². The van der Waals surface area contributed by atoms with Crippen molar-refractivity contribution in [3.05, 3.63) is 32.9 Å². The summed E-state index contributed by atoms with van der Waals surface area (Å²) in [6.07, 6.45) is -0.0613. The molecule has 0 atom stereocenters. The van der Waals surface area contributed by atoms with E-state index in [2.05, 4.69) is 27.9 Å². The maximum absolute atomic E-state index is 11.8. The molecule has 0 bridgehead atoms. The number of rotatable bonds is 4. The van der Waals surface area contributed by atoms with Gasteiger partial charge in [-0.05, 0) is 41.1 Å². The molecule has 0 aliphatic rings. The zero-order chi connectivity index (χ0) is 12.1. The van der Waals surface area contributed by atoms with Gasteiger partial charge in [-0.3, -0.25) is 9.59 Å². The second-order valence-corrected chi connectivity index (χ2v) is 4.49. The molecule has 1 rings (SSSR count). The quantitative estimate of drug-likeness (QED) is 0.826. The van der Waals surface area contributed by atoms with Gasteiger partial charge in [0.05, 0.1) is 12.0 Å². The largest absolute Gasteiger partial charge is 0.481 e. The summed E-state index contributed by atoms with van der Waals surface area (Å²) in [5, 5.41) is 11.0. The van der Waals surface area contributed by atoms with Gasteiger partial charge < -0.3 is 10.4 Å². The molecule has 86 valence electrons. The Labute approximate surface area is 107 Å². The number of amides is 1. The maximum Gasteiger partial charge on any atom is 0.305 e. The Morgan fingerprint density at radius 1 is 1.44 bits per heavy atom. The lowest BCUT2D eigenvalue weighted by molar-refractivity contribution is -0.136. The Balaban J connectivity index is 2.70. The first-order valence-corrected chi connectivity index (χ1v) is 5.85. The van der Waals surface area contributed by atoms with Gasteiger partial charge in [0, 0.05) is 10.1 Å². The predicted molar refractivity (Wildman–Crippen MR) is 68.5 cm³/mol. The first-order chi connectivity index (χ1) is 7.52. The van der Waals surface area contributed by atoms with Crippen LogP contribution in [0.15, 0.2) is 18.2 Å². The second kappa shape index (κ2) is 5.83. The average molecular weight is 333 g/mol. The Morgan fingerprint density at radius 3 is 2.69 bits per heavy atom. The summed E-state index contributed by atoms with van der Waals surface area (Å²) in [6.45, 7) is 2.01. The number of carboxylic acid groups (broad SMARTS) is 1. The van der Waals surface area contributed by atoms with Crippen molar-refractivity contribution in [2.45, 2.75) is 13.3 Å². The zero-order valence-electron chi connectivity index (χ0n) is 8.79. The maximum atomic E-state index is 11.8. The predicted octanol–water partition coefficient (Wildman–Crippen LogP) is 1.80. The molecule has 0 aliphatic carbocycles. The molecular weight excluding hydrogens is 321 g/mol. The van der Waals surface area contributed by atoms with Gasteiger partial charge in [-0.2, -0.15) is 0 Å². The van der Waals surface area contributed by atoms with Crippen LogP contribution in [-0.2, 0) is 4.79 Å². The van der Waals surface area contributed by atoms with Crippen molar-refractivity contribution in [2.75, 3.05) is 6.54 Å². The molecule has 2 N–H and O–H groups in total. The van der Waals surface area contributed by atoms with Gasteiger partial charge in [0.15, 0.2) is 0 Å². The van der Waals surface area contributed by atoms with E-state index in [1.54, 1.807) is 0 Å². The van der Waals surface area contributed by atoms with Crippen molar-refractivity contribution < 1.29 is 14.7 Å². The molecule has 0 fully saturated rings. The van der Waals surface area contributed by atoms with Crippen LogP contribution in [0, 0.1) is 10.5 Å². The number of aryl methyl sites for hydroxylation is 1. The van der Waals surface area contributed by atoms with Gasteiger partial charge in [-0.25, -0.2) is 0 Å². The highest BCUT2D eigenvalue weighted by molar-refractivity contribution is 14.1. The van der Waals surface area contributed by atoms with Gasteiger partial charge in [-0.15, -0.1) is 0 Å². The minimum Gasteiger partial charge on any atom is -0.481 e. The number of hydrogen-bond donors (Lipinski definition) is 2. The zero-order valence-corrected chi connectivity index (χ0v) is 10.9. The SMILES string of the molecule is Cc1cccc(I)c1C(=O)NCCC(=O)O. The molecule has 1 aromatic rings. The number of carboxylic acids is 1. The van der Waals surface area contributed by atoms with Gasteiger partial charge in [0.1, 0.15) is 0 Å². The molecule has 0 spiro atoms. The molecule has 0 unspecified atom stereocenters. The highest BCUT2D eigenvalue weighted by atomic mass is 127. The molecule has 4 nitrogen and oxygen atoms in total. The van der Waals surface area contributed by atoms with Crippen molar-refractivity contribution in [1.29, 1.82) is 0 Å². The van der Waals surface area contributed by atoms with Crippen molar-refractivity contribution >= 4 is 34.5 Å². The normalized spacial score (nSPS) is 9.88. The molecule has 0 aliphatic heterocycles. The van der Waals surface area contributed by atoms with Crippen LogP contribution in [-0.4, -0.2) is 23.5 Å². The lowest BCUT2D eigenvalue weighted by Crippen LogP contribution is -2.27. The highest BCUT2D eigenvalue weighted by Crippen LogP contribution is 2.15. The van der Waals surface area contributed by atoms with Crippen LogP contribution >= 0.6 is 22.6 Å². The fourth-order valence-corrected chi connectivity index (χ4v) is 2.17. The highest BCUT2D eigenvalue weighted by Gasteiger charge is 2.12. The van der Waals surface area contributed by atoms with E-state index in [0.29, 0.717) is 5.56 Å². The van der Waals surface area contributed by atoms with E-state index in [1.807, 2.05) is 25.1 Å². The Hall–Kier alpha value is -1.11. The molecule has 0 radical (unpaired) electrons. The summed E-state index contributed by atoms with van der Waals surface area (Å²) in [4.78, 5) is 22.1. The second-order valence-electron chi connectivity index (χ2n) is 3.33. The summed E-state index contributed by atoms with van der Waals surface area (Å²) in [7, 11) is 0. The third kappa shape index (κ3) is 3.48. The molecule has 1 aromatic carbocycles. The smallest absolute Gasteiger partial charge is 0.305 e. The monoisotopic (exact) mass is 333 g/mol. The molecular formula is C11H12INO3. The van der Waals surface area contributed by atoms with Crippen LogP contribution < -0.4 is 5.32 Å². The number of hydrogen-bond acceptors (Lipinski definition) is 2. The Bertz CT molecular complexity index is 397. The minimum atomic E-state index is -0.917. The number of carbonyl (C=O) groups excluding carboxylic acids is 1. The van der Waals surface area contributed by atoms with E-state index in [0.717, 1.165) is 9.13 Å². The number of aliphatic carboxylic acids is 1. The fourth-order valence-electron chi connectivity index (χ4n) is 1.29. The fraction of sp³-hybridized carbons (Fsp3) is 0.273. The van der Waals surface area contributed by atoms with Crippen LogP contribution in [0.3, 0.4) is 0 Å². The van der Waals surface area contributed by atoms with Crippen LogP contribution in [0.25, 0.3) is 0 Å². The van der Waals surface area contributed by atoms with E-state index in [1.165, 1.54) is 0 Å².